The van der Waals surface area contributed by atoms with Crippen LogP contribution in [-0.4, -0.2) is 24.5 Å². The molecule has 1 aromatic rings. The van der Waals surface area contributed by atoms with Crippen molar-refractivity contribution in [1.29, 1.82) is 0 Å². The van der Waals surface area contributed by atoms with Crippen molar-refractivity contribution in [2.45, 2.75) is 26.3 Å². The molecule has 0 aromatic heterocycles. The Morgan fingerprint density at radius 1 is 1.41 bits per heavy atom. The SMILES string of the molecule is CCCN(CC)C(CN)c1ccc(F)c(Cl)c1. The molecule has 0 spiro atoms. The van der Waals surface area contributed by atoms with Crippen LogP contribution < -0.4 is 5.73 Å². The lowest BCUT2D eigenvalue weighted by molar-refractivity contribution is 0.212. The summed E-state index contributed by atoms with van der Waals surface area (Å²) >= 11 is 5.81. The Labute approximate surface area is 108 Å². The molecule has 4 heteroatoms. The van der Waals surface area contributed by atoms with Crippen molar-refractivity contribution in [3.63, 3.8) is 0 Å². The standard InChI is InChI=1S/C13H20ClFN2/c1-3-7-17(4-2)13(9-16)10-5-6-12(15)11(14)8-10/h5-6,8,13H,3-4,7,9,16H2,1-2H3. The van der Waals surface area contributed by atoms with E-state index < -0.39 is 0 Å². The van der Waals surface area contributed by atoms with Crippen LogP contribution in [-0.2, 0) is 0 Å². The quantitative estimate of drug-likeness (QED) is 0.849. The highest BCUT2D eigenvalue weighted by Gasteiger charge is 2.17. The van der Waals surface area contributed by atoms with Crippen LogP contribution in [0.5, 0.6) is 0 Å². The van der Waals surface area contributed by atoms with Crippen molar-refractivity contribution in [3.05, 3.63) is 34.6 Å². The number of nitrogens with zero attached hydrogens (tertiary/aromatic N) is 1. The Kier molecular flexibility index (Phi) is 5.89. The number of hydrogen-bond donors (Lipinski definition) is 1. The fraction of sp³-hybridized carbons (Fsp3) is 0.538. The predicted octanol–water partition coefficient (Wildman–Crippen LogP) is 3.21. The Bertz CT molecular complexity index is 357. The van der Waals surface area contributed by atoms with Crippen LogP contribution in [0, 0.1) is 5.82 Å². The highest BCUT2D eigenvalue weighted by Crippen LogP contribution is 2.24. The van der Waals surface area contributed by atoms with Crippen LogP contribution >= 0.6 is 11.6 Å². The van der Waals surface area contributed by atoms with Gasteiger partial charge in [-0.25, -0.2) is 4.39 Å². The summed E-state index contributed by atoms with van der Waals surface area (Å²) in [6.07, 6.45) is 1.07. The van der Waals surface area contributed by atoms with E-state index in [-0.39, 0.29) is 16.9 Å². The molecule has 0 aliphatic rings. The monoisotopic (exact) mass is 258 g/mol. The second-order valence-corrected chi connectivity index (χ2v) is 4.46. The number of benzene rings is 1. The van der Waals surface area contributed by atoms with Gasteiger partial charge >= 0.3 is 0 Å². The lowest BCUT2D eigenvalue weighted by Crippen LogP contribution is -2.34. The largest absolute Gasteiger partial charge is 0.329 e. The molecular weight excluding hydrogens is 239 g/mol. The van der Waals surface area contributed by atoms with Gasteiger partial charge in [-0.05, 0) is 37.2 Å². The molecule has 0 heterocycles. The number of likely N-dealkylation sites (N-methyl/N-ethyl adjacent to an activating group) is 1. The maximum atomic E-state index is 13.1. The van der Waals surface area contributed by atoms with Gasteiger partial charge in [0.2, 0.25) is 0 Å². The topological polar surface area (TPSA) is 29.3 Å². The smallest absolute Gasteiger partial charge is 0.141 e. The van der Waals surface area contributed by atoms with E-state index in [1.54, 1.807) is 12.1 Å². The van der Waals surface area contributed by atoms with Crippen molar-refractivity contribution < 1.29 is 4.39 Å². The molecule has 2 N–H and O–H groups in total. The molecule has 2 nitrogen and oxygen atoms in total. The number of nitrogens with two attached hydrogens (primary N) is 1. The Morgan fingerprint density at radius 3 is 2.59 bits per heavy atom. The van der Waals surface area contributed by atoms with Crippen LogP contribution in [0.4, 0.5) is 4.39 Å². The van der Waals surface area contributed by atoms with Crippen LogP contribution in [0.15, 0.2) is 18.2 Å². The van der Waals surface area contributed by atoms with Gasteiger partial charge in [0.15, 0.2) is 0 Å². The summed E-state index contributed by atoms with van der Waals surface area (Å²) in [4.78, 5) is 2.28. The van der Waals surface area contributed by atoms with E-state index in [1.807, 2.05) is 0 Å². The summed E-state index contributed by atoms with van der Waals surface area (Å²) < 4.78 is 13.1. The van der Waals surface area contributed by atoms with Gasteiger partial charge in [-0.1, -0.05) is 31.5 Å². The molecule has 0 saturated heterocycles. The molecule has 1 aromatic carbocycles. The third-order valence-corrected chi connectivity index (χ3v) is 3.20. The molecule has 0 bridgehead atoms. The second kappa shape index (κ2) is 6.94. The zero-order chi connectivity index (χ0) is 12.8. The first-order chi connectivity index (χ1) is 8.13. The summed E-state index contributed by atoms with van der Waals surface area (Å²) in [6, 6.07) is 4.95. The minimum Gasteiger partial charge on any atom is -0.329 e. The fourth-order valence-electron chi connectivity index (χ4n) is 2.04. The van der Waals surface area contributed by atoms with E-state index in [9.17, 15) is 4.39 Å². The number of rotatable bonds is 6. The van der Waals surface area contributed by atoms with Gasteiger partial charge in [0, 0.05) is 12.6 Å². The van der Waals surface area contributed by atoms with Crippen molar-refractivity contribution in [2.24, 2.45) is 5.73 Å². The molecule has 96 valence electrons. The van der Waals surface area contributed by atoms with Crippen LogP contribution in [0.3, 0.4) is 0 Å². The molecule has 17 heavy (non-hydrogen) atoms. The van der Waals surface area contributed by atoms with Crippen molar-refractivity contribution >= 4 is 11.6 Å². The lowest BCUT2D eigenvalue weighted by atomic mass is 10.0. The average Bonchev–Trinajstić information content (AvgIpc) is 2.33. The summed E-state index contributed by atoms with van der Waals surface area (Å²) in [5, 5.41) is 0.161. The first-order valence-corrected chi connectivity index (χ1v) is 6.40. The zero-order valence-electron chi connectivity index (χ0n) is 10.4. The first kappa shape index (κ1) is 14.4. The fourth-order valence-corrected chi connectivity index (χ4v) is 2.23. The average molecular weight is 259 g/mol. The summed E-state index contributed by atoms with van der Waals surface area (Å²) in [6.45, 7) is 6.64. The van der Waals surface area contributed by atoms with Crippen LogP contribution in [0.25, 0.3) is 0 Å². The second-order valence-electron chi connectivity index (χ2n) is 4.05. The summed E-state index contributed by atoms with van der Waals surface area (Å²) in [7, 11) is 0. The molecule has 1 unspecified atom stereocenters. The molecular formula is C13H20ClFN2. The third-order valence-electron chi connectivity index (χ3n) is 2.91. The Morgan fingerprint density at radius 2 is 2.12 bits per heavy atom. The number of halogens is 2. The zero-order valence-corrected chi connectivity index (χ0v) is 11.2. The van der Waals surface area contributed by atoms with Crippen molar-refractivity contribution in [1.82, 2.24) is 4.90 Å². The third kappa shape index (κ3) is 3.66. The van der Waals surface area contributed by atoms with Gasteiger partial charge in [-0.3, -0.25) is 4.90 Å². The summed E-state index contributed by atoms with van der Waals surface area (Å²) in [5.74, 6) is -0.385. The summed E-state index contributed by atoms with van der Waals surface area (Å²) in [5.41, 5.74) is 6.80. The molecule has 0 radical (unpaired) electrons. The van der Waals surface area contributed by atoms with Crippen LogP contribution in [0.1, 0.15) is 31.9 Å². The van der Waals surface area contributed by atoms with E-state index in [0.717, 1.165) is 25.1 Å². The number of hydrogen-bond acceptors (Lipinski definition) is 2. The molecule has 1 atom stereocenters. The Hall–Kier alpha value is -0.640. The van der Waals surface area contributed by atoms with Gasteiger partial charge < -0.3 is 5.73 Å². The first-order valence-electron chi connectivity index (χ1n) is 6.03. The highest BCUT2D eigenvalue weighted by molar-refractivity contribution is 6.30. The van der Waals surface area contributed by atoms with Gasteiger partial charge in [-0.2, -0.15) is 0 Å². The minimum absolute atomic E-state index is 0.109. The lowest BCUT2D eigenvalue weighted by Gasteiger charge is -2.30. The van der Waals surface area contributed by atoms with Gasteiger partial charge in [-0.15, -0.1) is 0 Å². The molecule has 0 saturated carbocycles. The van der Waals surface area contributed by atoms with E-state index in [1.165, 1.54) is 6.07 Å². The molecule has 0 amide bonds. The van der Waals surface area contributed by atoms with E-state index in [4.69, 9.17) is 17.3 Å². The molecule has 1 rings (SSSR count). The van der Waals surface area contributed by atoms with Crippen molar-refractivity contribution in [2.75, 3.05) is 19.6 Å². The van der Waals surface area contributed by atoms with E-state index >= 15 is 0 Å². The maximum Gasteiger partial charge on any atom is 0.141 e. The van der Waals surface area contributed by atoms with Crippen LogP contribution in [0.2, 0.25) is 5.02 Å². The van der Waals surface area contributed by atoms with E-state index in [0.29, 0.717) is 6.54 Å². The van der Waals surface area contributed by atoms with Crippen molar-refractivity contribution in [3.8, 4) is 0 Å². The normalized spacial score (nSPS) is 13.1. The van der Waals surface area contributed by atoms with Gasteiger partial charge in [0.1, 0.15) is 5.82 Å². The van der Waals surface area contributed by atoms with E-state index in [2.05, 4.69) is 18.7 Å². The highest BCUT2D eigenvalue weighted by atomic mass is 35.5. The predicted molar refractivity (Wildman–Crippen MR) is 70.7 cm³/mol. The minimum atomic E-state index is -0.385. The maximum absolute atomic E-state index is 13.1. The molecule has 0 aliphatic carbocycles. The Balaban J connectivity index is 2.95. The van der Waals surface area contributed by atoms with Gasteiger partial charge in [0.05, 0.1) is 5.02 Å². The molecule has 0 aliphatic heterocycles. The molecule has 0 fully saturated rings. The van der Waals surface area contributed by atoms with Gasteiger partial charge in [0.25, 0.3) is 0 Å².